The fourth-order valence-corrected chi connectivity index (χ4v) is 5.82. The molecule has 210 valence electrons. The second kappa shape index (κ2) is 13.4. The minimum atomic E-state index is -0.217. The highest BCUT2D eigenvalue weighted by molar-refractivity contribution is 5.61. The molecule has 1 aromatic heterocycles. The highest BCUT2D eigenvalue weighted by atomic mass is 19.1. The Morgan fingerprint density at radius 3 is 2.85 bits per heavy atom. The molecule has 4 atom stereocenters. The van der Waals surface area contributed by atoms with Gasteiger partial charge < -0.3 is 24.4 Å². The largest absolute Gasteiger partial charge is 0.490 e. The topological polar surface area (TPSA) is 73.7 Å². The van der Waals surface area contributed by atoms with Crippen LogP contribution in [0, 0.1) is 5.82 Å². The highest BCUT2D eigenvalue weighted by Gasteiger charge is 2.33. The average Bonchev–Trinajstić information content (AvgIpc) is 3.51. The number of nitrogens with zero attached hydrogens (tertiary/aromatic N) is 4. The zero-order valence-corrected chi connectivity index (χ0v) is 23.0. The Kier molecular flexibility index (Phi) is 9.44. The summed E-state index contributed by atoms with van der Waals surface area (Å²) in [4.78, 5) is 6.50. The summed E-state index contributed by atoms with van der Waals surface area (Å²) >= 11 is 0. The van der Waals surface area contributed by atoms with Gasteiger partial charge in [-0.2, -0.15) is 5.10 Å². The van der Waals surface area contributed by atoms with Crippen LogP contribution in [0.25, 0.3) is 0 Å². The number of ether oxygens (including phenoxy) is 3. The number of hydrogen-bond donors (Lipinski definition) is 1. The number of piperidine rings is 1. The van der Waals surface area contributed by atoms with E-state index in [0.717, 1.165) is 74.5 Å². The van der Waals surface area contributed by atoms with E-state index in [1.165, 1.54) is 0 Å². The van der Waals surface area contributed by atoms with E-state index in [1.807, 2.05) is 16.8 Å². The first-order chi connectivity index (χ1) is 19.1. The van der Waals surface area contributed by atoms with Crippen LogP contribution in [0.15, 0.2) is 55.1 Å². The van der Waals surface area contributed by atoms with Crippen LogP contribution in [-0.2, 0) is 16.1 Å². The van der Waals surface area contributed by atoms with Gasteiger partial charge in [-0.05, 0) is 61.1 Å². The fourth-order valence-electron chi connectivity index (χ4n) is 5.82. The maximum Gasteiger partial charge on any atom is 0.142 e. The third-order valence-corrected chi connectivity index (χ3v) is 7.96. The Labute approximate surface area is 230 Å². The van der Waals surface area contributed by atoms with Crippen LogP contribution < -0.4 is 15.0 Å². The first-order valence-corrected chi connectivity index (χ1v) is 14.1. The SMILES string of the molecule is CC[C@H](C[C@H]1C[C@H](c2ccc(F)cc2)[C@@H](OCc2ccc3c(c2)N(CCCOC)CCO3)CN1)n1cncn1. The lowest BCUT2D eigenvalue weighted by atomic mass is 9.82. The second-order valence-electron chi connectivity index (χ2n) is 10.5. The summed E-state index contributed by atoms with van der Waals surface area (Å²) < 4.78 is 33.4. The van der Waals surface area contributed by atoms with Crippen molar-refractivity contribution in [3.63, 3.8) is 0 Å². The lowest BCUT2D eigenvalue weighted by molar-refractivity contribution is 0.00102. The van der Waals surface area contributed by atoms with Crippen LogP contribution in [0.5, 0.6) is 5.75 Å². The molecule has 3 heterocycles. The Bertz CT molecular complexity index is 1160. The molecule has 0 unspecified atom stereocenters. The zero-order valence-electron chi connectivity index (χ0n) is 23.0. The quantitative estimate of drug-likeness (QED) is 0.335. The number of halogens is 1. The fraction of sp³-hybridized carbons (Fsp3) is 0.533. The monoisotopic (exact) mass is 537 g/mol. The molecular weight excluding hydrogens is 497 g/mol. The van der Waals surface area contributed by atoms with Crippen molar-refractivity contribution in [1.82, 2.24) is 20.1 Å². The van der Waals surface area contributed by atoms with E-state index in [9.17, 15) is 4.39 Å². The van der Waals surface area contributed by atoms with Gasteiger partial charge in [-0.15, -0.1) is 0 Å². The van der Waals surface area contributed by atoms with Crippen molar-refractivity contribution in [2.24, 2.45) is 0 Å². The van der Waals surface area contributed by atoms with Crippen LogP contribution in [-0.4, -0.2) is 66.9 Å². The van der Waals surface area contributed by atoms with E-state index in [0.29, 0.717) is 19.3 Å². The van der Waals surface area contributed by atoms with Crippen LogP contribution in [0.2, 0.25) is 0 Å². The van der Waals surface area contributed by atoms with E-state index in [2.05, 4.69) is 45.4 Å². The van der Waals surface area contributed by atoms with Crippen molar-refractivity contribution in [2.45, 2.75) is 63.3 Å². The van der Waals surface area contributed by atoms with Crippen LogP contribution in [0.1, 0.15) is 55.7 Å². The maximum absolute atomic E-state index is 13.8. The highest BCUT2D eigenvalue weighted by Crippen LogP contribution is 2.35. The van der Waals surface area contributed by atoms with Gasteiger partial charge >= 0.3 is 0 Å². The standard InChI is InChI=1S/C30H40FN5O3/c1-3-26(36-21-32-20-34-36)16-25-17-27(23-6-8-24(31)9-7-23)30(18-33-25)39-19-22-5-10-29-28(15-22)35(12-14-38-29)11-4-13-37-2/h5-10,15,20-21,25-27,30,33H,3-4,11-14,16-19H2,1-2H3/t25-,26+,27+,30-/m0/s1. The third-order valence-electron chi connectivity index (χ3n) is 7.96. The molecule has 0 bridgehead atoms. The number of fused-ring (bicyclic) bond motifs is 1. The molecule has 0 radical (unpaired) electrons. The van der Waals surface area contributed by atoms with Crippen molar-refractivity contribution < 1.29 is 18.6 Å². The Balaban J connectivity index is 1.27. The number of benzene rings is 2. The smallest absolute Gasteiger partial charge is 0.142 e. The molecule has 2 aliphatic rings. The van der Waals surface area contributed by atoms with E-state index in [-0.39, 0.29) is 23.9 Å². The maximum atomic E-state index is 13.8. The Morgan fingerprint density at radius 1 is 1.21 bits per heavy atom. The number of methoxy groups -OCH3 is 1. The van der Waals surface area contributed by atoms with Crippen LogP contribution in [0.3, 0.4) is 0 Å². The summed E-state index contributed by atoms with van der Waals surface area (Å²) in [7, 11) is 1.74. The molecule has 39 heavy (non-hydrogen) atoms. The number of hydrogen-bond acceptors (Lipinski definition) is 7. The Morgan fingerprint density at radius 2 is 2.08 bits per heavy atom. The predicted molar refractivity (Wildman–Crippen MR) is 149 cm³/mol. The van der Waals surface area contributed by atoms with Crippen molar-refractivity contribution >= 4 is 5.69 Å². The Hall–Kier alpha value is -3.01. The second-order valence-corrected chi connectivity index (χ2v) is 10.5. The van der Waals surface area contributed by atoms with Crippen molar-refractivity contribution in [3.8, 4) is 5.75 Å². The molecule has 3 aromatic rings. The zero-order chi connectivity index (χ0) is 27.0. The first kappa shape index (κ1) is 27.6. The molecule has 9 heteroatoms. The van der Waals surface area contributed by atoms with E-state index >= 15 is 0 Å². The molecule has 5 rings (SSSR count). The summed E-state index contributed by atoms with van der Waals surface area (Å²) in [6.07, 6.45) is 7.17. The number of nitrogens with one attached hydrogen (secondary N) is 1. The van der Waals surface area contributed by atoms with E-state index in [4.69, 9.17) is 14.2 Å². The van der Waals surface area contributed by atoms with Crippen molar-refractivity contribution in [3.05, 3.63) is 72.1 Å². The number of anilines is 1. The van der Waals surface area contributed by atoms with Gasteiger partial charge in [-0.1, -0.05) is 25.1 Å². The van der Waals surface area contributed by atoms with Gasteiger partial charge in [0.05, 0.1) is 31.0 Å². The summed E-state index contributed by atoms with van der Waals surface area (Å²) in [6, 6.07) is 13.8. The normalized spacial score (nSPS) is 21.8. The van der Waals surface area contributed by atoms with Gasteiger partial charge in [0.1, 0.15) is 30.8 Å². The lowest BCUT2D eigenvalue weighted by Gasteiger charge is -2.38. The molecule has 0 spiro atoms. The minimum absolute atomic E-state index is 0.0248. The average molecular weight is 538 g/mol. The molecule has 2 aliphatic heterocycles. The van der Waals surface area contributed by atoms with E-state index < -0.39 is 0 Å². The van der Waals surface area contributed by atoms with Gasteiger partial charge in [0.15, 0.2) is 0 Å². The van der Waals surface area contributed by atoms with Gasteiger partial charge in [-0.25, -0.2) is 14.1 Å². The molecule has 0 aliphatic carbocycles. The first-order valence-electron chi connectivity index (χ1n) is 14.1. The van der Waals surface area contributed by atoms with E-state index in [1.54, 1.807) is 31.9 Å². The van der Waals surface area contributed by atoms with Gasteiger partial charge in [0, 0.05) is 38.8 Å². The number of aromatic nitrogens is 3. The summed E-state index contributed by atoms with van der Waals surface area (Å²) in [5.74, 6) is 0.869. The molecule has 0 amide bonds. The third kappa shape index (κ3) is 6.96. The molecule has 1 saturated heterocycles. The van der Waals surface area contributed by atoms with Crippen LogP contribution >= 0.6 is 0 Å². The summed E-state index contributed by atoms with van der Waals surface area (Å²) in [6.45, 7) is 6.66. The molecule has 2 aromatic carbocycles. The molecule has 0 saturated carbocycles. The molecule has 1 N–H and O–H groups in total. The van der Waals surface area contributed by atoms with Gasteiger partial charge in [0.25, 0.3) is 0 Å². The summed E-state index contributed by atoms with van der Waals surface area (Å²) in [5.41, 5.74) is 3.35. The van der Waals surface area contributed by atoms with Gasteiger partial charge in [0.2, 0.25) is 0 Å². The predicted octanol–water partition coefficient (Wildman–Crippen LogP) is 4.72. The minimum Gasteiger partial charge on any atom is -0.490 e. The van der Waals surface area contributed by atoms with Gasteiger partial charge in [-0.3, -0.25) is 0 Å². The lowest BCUT2D eigenvalue weighted by Crippen LogP contribution is -2.47. The number of rotatable bonds is 12. The van der Waals surface area contributed by atoms with Crippen molar-refractivity contribution in [2.75, 3.05) is 44.9 Å². The molecular formula is C30H40FN5O3. The summed E-state index contributed by atoms with van der Waals surface area (Å²) in [5, 5.41) is 8.10. The molecule has 1 fully saturated rings. The molecule has 8 nitrogen and oxygen atoms in total. The van der Waals surface area contributed by atoms with Crippen molar-refractivity contribution in [1.29, 1.82) is 0 Å². The van der Waals surface area contributed by atoms with Crippen LogP contribution in [0.4, 0.5) is 10.1 Å².